The highest BCUT2D eigenvalue weighted by molar-refractivity contribution is 5.72. The fourth-order valence-electron chi connectivity index (χ4n) is 1.84. The molecule has 0 atom stereocenters. The molecule has 0 spiro atoms. The van der Waals surface area contributed by atoms with Crippen molar-refractivity contribution in [3.8, 4) is 0 Å². The number of aryl methyl sites for hydroxylation is 1. The third-order valence-corrected chi connectivity index (χ3v) is 2.81. The molecular formula is C16H18N2. The second kappa shape index (κ2) is 6.60. The van der Waals surface area contributed by atoms with Gasteiger partial charge in [-0.3, -0.25) is 4.99 Å². The molecule has 0 bridgehead atoms. The largest absolute Gasteiger partial charge is 0.386 e. The lowest BCUT2D eigenvalue weighted by molar-refractivity contribution is 1.05. The molecular weight excluding hydrogens is 220 g/mol. The summed E-state index contributed by atoms with van der Waals surface area (Å²) in [5.41, 5.74) is 3.41. The number of hydrogen-bond acceptors (Lipinski definition) is 2. The minimum absolute atomic E-state index is 0.960. The molecule has 0 amide bonds. The zero-order valence-electron chi connectivity index (χ0n) is 10.6. The Morgan fingerprint density at radius 3 is 2.50 bits per heavy atom. The van der Waals surface area contributed by atoms with E-state index in [-0.39, 0.29) is 0 Å². The summed E-state index contributed by atoms with van der Waals surface area (Å²) < 4.78 is 0. The van der Waals surface area contributed by atoms with E-state index in [1.807, 2.05) is 43.6 Å². The van der Waals surface area contributed by atoms with E-state index in [1.165, 1.54) is 5.56 Å². The van der Waals surface area contributed by atoms with Gasteiger partial charge in [-0.25, -0.2) is 0 Å². The van der Waals surface area contributed by atoms with Crippen molar-refractivity contribution in [3.63, 3.8) is 0 Å². The van der Waals surface area contributed by atoms with E-state index in [2.05, 4.69) is 34.6 Å². The van der Waals surface area contributed by atoms with Gasteiger partial charge in [-0.15, -0.1) is 0 Å². The molecule has 0 heterocycles. The number of anilines is 1. The van der Waals surface area contributed by atoms with Gasteiger partial charge in [0.2, 0.25) is 0 Å². The Labute approximate surface area is 108 Å². The Morgan fingerprint density at radius 1 is 1.00 bits per heavy atom. The van der Waals surface area contributed by atoms with Gasteiger partial charge in [-0.2, -0.15) is 0 Å². The van der Waals surface area contributed by atoms with E-state index in [4.69, 9.17) is 0 Å². The highest BCUT2D eigenvalue weighted by atomic mass is 14.9. The van der Waals surface area contributed by atoms with Crippen LogP contribution in [0.15, 0.2) is 59.6 Å². The van der Waals surface area contributed by atoms with E-state index in [1.54, 1.807) is 0 Å². The van der Waals surface area contributed by atoms with Gasteiger partial charge >= 0.3 is 0 Å². The predicted molar refractivity (Wildman–Crippen MR) is 78.9 cm³/mol. The summed E-state index contributed by atoms with van der Waals surface area (Å²) in [5.74, 6) is 0. The van der Waals surface area contributed by atoms with Crippen molar-refractivity contribution < 1.29 is 0 Å². The summed E-state index contributed by atoms with van der Waals surface area (Å²) in [6, 6.07) is 18.5. The Hall–Kier alpha value is -2.09. The molecule has 0 saturated heterocycles. The second-order valence-electron chi connectivity index (χ2n) is 4.10. The molecule has 2 aromatic carbocycles. The summed E-state index contributed by atoms with van der Waals surface area (Å²) in [6.07, 6.45) is 3.98. The van der Waals surface area contributed by atoms with Crippen molar-refractivity contribution >= 4 is 17.6 Å². The molecule has 18 heavy (non-hydrogen) atoms. The maximum Gasteiger partial charge on any atom is 0.0856 e. The minimum Gasteiger partial charge on any atom is -0.386 e. The number of benzene rings is 2. The zero-order valence-corrected chi connectivity index (χ0v) is 10.6. The van der Waals surface area contributed by atoms with E-state index in [0.717, 1.165) is 24.2 Å². The van der Waals surface area contributed by atoms with Crippen molar-refractivity contribution in [3.05, 3.63) is 60.2 Å². The standard InChI is InChI=1S/C16H18N2/c1-17-15-11-5-6-12-16(15)18-13-7-10-14-8-3-2-4-9-14/h2-6,8-9,11-13,17H,7,10H2,1H3. The molecule has 0 unspecified atom stereocenters. The molecule has 0 radical (unpaired) electrons. The fraction of sp³-hybridized carbons (Fsp3) is 0.188. The van der Waals surface area contributed by atoms with Gasteiger partial charge in [0.05, 0.1) is 11.4 Å². The van der Waals surface area contributed by atoms with E-state index >= 15 is 0 Å². The van der Waals surface area contributed by atoms with Crippen molar-refractivity contribution in [1.29, 1.82) is 0 Å². The molecule has 2 heteroatoms. The maximum atomic E-state index is 4.50. The molecule has 0 aliphatic heterocycles. The highest BCUT2D eigenvalue weighted by Gasteiger charge is 1.95. The molecule has 0 fully saturated rings. The van der Waals surface area contributed by atoms with Crippen LogP contribution < -0.4 is 5.32 Å². The zero-order chi connectivity index (χ0) is 12.6. The first-order valence-corrected chi connectivity index (χ1v) is 6.23. The summed E-state index contributed by atoms with van der Waals surface area (Å²) in [7, 11) is 1.92. The number of nitrogens with one attached hydrogen (secondary N) is 1. The van der Waals surface area contributed by atoms with Gasteiger partial charge in [0.1, 0.15) is 0 Å². The van der Waals surface area contributed by atoms with Gasteiger partial charge in [-0.1, -0.05) is 42.5 Å². The SMILES string of the molecule is CNc1ccccc1N=CCCc1ccccc1. The van der Waals surface area contributed by atoms with Gasteiger partial charge in [0.25, 0.3) is 0 Å². The average Bonchev–Trinajstić information content (AvgIpc) is 2.45. The van der Waals surface area contributed by atoms with E-state index in [9.17, 15) is 0 Å². The van der Waals surface area contributed by atoms with Crippen LogP contribution in [0.4, 0.5) is 11.4 Å². The molecule has 2 rings (SSSR count). The summed E-state index contributed by atoms with van der Waals surface area (Å²) in [4.78, 5) is 4.50. The molecule has 0 aromatic heterocycles. The number of para-hydroxylation sites is 2. The smallest absolute Gasteiger partial charge is 0.0856 e. The predicted octanol–water partition coefficient (Wildman–Crippen LogP) is 4.06. The molecule has 2 aromatic rings. The van der Waals surface area contributed by atoms with Crippen LogP contribution in [-0.2, 0) is 6.42 Å². The van der Waals surface area contributed by atoms with Gasteiger partial charge in [0, 0.05) is 13.3 Å². The van der Waals surface area contributed by atoms with E-state index in [0.29, 0.717) is 0 Å². The first-order chi connectivity index (χ1) is 8.90. The van der Waals surface area contributed by atoms with Crippen LogP contribution in [0.25, 0.3) is 0 Å². The van der Waals surface area contributed by atoms with Crippen LogP contribution >= 0.6 is 0 Å². The van der Waals surface area contributed by atoms with Gasteiger partial charge < -0.3 is 5.32 Å². The Bertz CT molecular complexity index is 504. The second-order valence-corrected chi connectivity index (χ2v) is 4.10. The summed E-state index contributed by atoms with van der Waals surface area (Å²) in [5, 5.41) is 3.14. The van der Waals surface area contributed by atoms with Crippen LogP contribution in [-0.4, -0.2) is 13.3 Å². The maximum absolute atomic E-state index is 4.50. The summed E-state index contributed by atoms with van der Waals surface area (Å²) in [6.45, 7) is 0. The van der Waals surface area contributed by atoms with Crippen molar-refractivity contribution in [1.82, 2.24) is 0 Å². The van der Waals surface area contributed by atoms with Crippen LogP contribution in [0, 0.1) is 0 Å². The molecule has 0 aliphatic carbocycles. The van der Waals surface area contributed by atoms with Crippen molar-refractivity contribution in [2.24, 2.45) is 4.99 Å². The molecule has 2 nitrogen and oxygen atoms in total. The lowest BCUT2D eigenvalue weighted by Gasteiger charge is -2.03. The van der Waals surface area contributed by atoms with E-state index < -0.39 is 0 Å². The average molecular weight is 238 g/mol. The molecule has 0 saturated carbocycles. The monoisotopic (exact) mass is 238 g/mol. The third-order valence-electron chi connectivity index (χ3n) is 2.81. The molecule has 1 N–H and O–H groups in total. The summed E-state index contributed by atoms with van der Waals surface area (Å²) >= 11 is 0. The Morgan fingerprint density at radius 2 is 1.72 bits per heavy atom. The number of aliphatic imine (C=N–C) groups is 1. The minimum atomic E-state index is 0.960. The first kappa shape index (κ1) is 12.4. The Kier molecular flexibility index (Phi) is 4.53. The fourth-order valence-corrected chi connectivity index (χ4v) is 1.84. The van der Waals surface area contributed by atoms with Crippen LogP contribution in [0.5, 0.6) is 0 Å². The van der Waals surface area contributed by atoms with Gasteiger partial charge in [0.15, 0.2) is 0 Å². The highest BCUT2D eigenvalue weighted by Crippen LogP contribution is 2.23. The number of hydrogen-bond donors (Lipinski definition) is 1. The van der Waals surface area contributed by atoms with Crippen LogP contribution in [0.2, 0.25) is 0 Å². The lowest BCUT2D eigenvalue weighted by Crippen LogP contribution is -1.88. The van der Waals surface area contributed by atoms with Crippen LogP contribution in [0.1, 0.15) is 12.0 Å². The number of rotatable bonds is 5. The van der Waals surface area contributed by atoms with Crippen molar-refractivity contribution in [2.45, 2.75) is 12.8 Å². The van der Waals surface area contributed by atoms with Gasteiger partial charge in [-0.05, 0) is 30.5 Å². The van der Waals surface area contributed by atoms with Crippen molar-refractivity contribution in [2.75, 3.05) is 12.4 Å². The Balaban J connectivity index is 1.92. The molecule has 0 aliphatic rings. The molecule has 92 valence electrons. The normalized spacial score (nSPS) is 10.7. The quantitative estimate of drug-likeness (QED) is 0.780. The van der Waals surface area contributed by atoms with Crippen LogP contribution in [0.3, 0.4) is 0 Å². The lowest BCUT2D eigenvalue weighted by atomic mass is 10.1. The third kappa shape index (κ3) is 3.45. The number of nitrogens with zero attached hydrogens (tertiary/aromatic N) is 1. The first-order valence-electron chi connectivity index (χ1n) is 6.23. The topological polar surface area (TPSA) is 24.4 Å².